The van der Waals surface area contributed by atoms with Gasteiger partial charge in [0.2, 0.25) is 0 Å². The number of allylic oxidation sites excluding steroid dienone is 4. The Balaban J connectivity index is 4.28. The zero-order chi connectivity index (χ0) is 40.8. The Morgan fingerprint density at radius 3 is 0.946 bits per heavy atom. The molecule has 0 aliphatic rings. The predicted molar refractivity (Wildman–Crippen MR) is 238 cm³/mol. The van der Waals surface area contributed by atoms with E-state index in [4.69, 9.17) is 14.2 Å². The smallest absolute Gasteiger partial charge is 0.306 e. The number of esters is 3. The highest BCUT2D eigenvalue weighted by Crippen LogP contribution is 2.15. The van der Waals surface area contributed by atoms with Gasteiger partial charge in [0.1, 0.15) is 13.2 Å². The second-order valence-corrected chi connectivity index (χ2v) is 16.4. The standard InChI is InChI=1S/C50H92O6/c1-4-7-10-13-16-19-22-23-24-25-26-27-28-29-32-34-37-40-43-49(52)55-46-47(56-50(53)44-41-38-35-31-21-18-15-12-9-6-3)45-54-48(51)42-39-36-33-30-20-17-14-11-8-5-2/h15,18,26-27,47H,4-14,16-17,19-25,28-46H2,1-3H3/b18-15-,27-26-. The van der Waals surface area contributed by atoms with Gasteiger partial charge in [-0.25, -0.2) is 0 Å². The molecule has 0 N–H and O–H groups in total. The van der Waals surface area contributed by atoms with Crippen LogP contribution in [-0.2, 0) is 28.6 Å². The lowest BCUT2D eigenvalue weighted by Gasteiger charge is -2.18. The Hall–Kier alpha value is -2.11. The summed E-state index contributed by atoms with van der Waals surface area (Å²) < 4.78 is 16.7. The van der Waals surface area contributed by atoms with Crippen molar-refractivity contribution in [2.45, 2.75) is 264 Å². The molecular weight excluding hydrogens is 697 g/mol. The minimum Gasteiger partial charge on any atom is -0.462 e. The van der Waals surface area contributed by atoms with Crippen molar-refractivity contribution in [2.75, 3.05) is 13.2 Å². The number of hydrogen-bond acceptors (Lipinski definition) is 6. The molecule has 0 aromatic rings. The van der Waals surface area contributed by atoms with Gasteiger partial charge in [-0.2, -0.15) is 0 Å². The minimum atomic E-state index is -0.773. The molecule has 0 saturated carbocycles. The Kier molecular flexibility index (Phi) is 43.9. The van der Waals surface area contributed by atoms with Gasteiger partial charge >= 0.3 is 17.9 Å². The summed E-state index contributed by atoms with van der Waals surface area (Å²) in [7, 11) is 0. The molecule has 328 valence electrons. The summed E-state index contributed by atoms with van der Waals surface area (Å²) >= 11 is 0. The second-order valence-electron chi connectivity index (χ2n) is 16.4. The molecular formula is C50H92O6. The van der Waals surface area contributed by atoms with E-state index in [2.05, 4.69) is 45.1 Å². The Morgan fingerprint density at radius 2 is 0.607 bits per heavy atom. The summed E-state index contributed by atoms with van der Waals surface area (Å²) in [5.41, 5.74) is 0. The highest BCUT2D eigenvalue weighted by molar-refractivity contribution is 5.71. The van der Waals surface area contributed by atoms with E-state index in [1.807, 2.05) is 0 Å². The van der Waals surface area contributed by atoms with Crippen LogP contribution in [0.2, 0.25) is 0 Å². The van der Waals surface area contributed by atoms with Crippen LogP contribution in [-0.4, -0.2) is 37.2 Å². The third-order valence-electron chi connectivity index (χ3n) is 10.7. The van der Waals surface area contributed by atoms with Crippen LogP contribution in [0.3, 0.4) is 0 Å². The lowest BCUT2D eigenvalue weighted by Crippen LogP contribution is -2.30. The van der Waals surface area contributed by atoms with Gasteiger partial charge in [0.05, 0.1) is 0 Å². The van der Waals surface area contributed by atoms with E-state index in [-0.39, 0.29) is 31.1 Å². The number of carbonyl (C=O) groups is 3. The van der Waals surface area contributed by atoms with E-state index in [9.17, 15) is 14.4 Å². The summed E-state index contributed by atoms with van der Waals surface area (Å²) in [6, 6.07) is 0. The first kappa shape index (κ1) is 53.9. The van der Waals surface area contributed by atoms with Crippen molar-refractivity contribution in [1.82, 2.24) is 0 Å². The molecule has 1 unspecified atom stereocenters. The van der Waals surface area contributed by atoms with Crippen LogP contribution in [0.15, 0.2) is 24.3 Å². The Morgan fingerprint density at radius 1 is 0.339 bits per heavy atom. The number of carbonyl (C=O) groups excluding carboxylic acids is 3. The van der Waals surface area contributed by atoms with Gasteiger partial charge in [-0.1, -0.05) is 199 Å². The maximum absolute atomic E-state index is 12.7. The van der Waals surface area contributed by atoms with Crippen LogP contribution < -0.4 is 0 Å². The van der Waals surface area contributed by atoms with Crippen molar-refractivity contribution >= 4 is 17.9 Å². The lowest BCUT2D eigenvalue weighted by atomic mass is 10.1. The fourth-order valence-electron chi connectivity index (χ4n) is 6.95. The third kappa shape index (κ3) is 43.0. The van der Waals surface area contributed by atoms with Crippen molar-refractivity contribution in [3.8, 4) is 0 Å². The van der Waals surface area contributed by atoms with Crippen LogP contribution in [0.1, 0.15) is 258 Å². The highest BCUT2D eigenvalue weighted by Gasteiger charge is 2.19. The maximum Gasteiger partial charge on any atom is 0.306 e. The van der Waals surface area contributed by atoms with Crippen molar-refractivity contribution in [3.05, 3.63) is 24.3 Å². The number of ether oxygens (including phenoxy) is 3. The molecule has 0 amide bonds. The van der Waals surface area contributed by atoms with Gasteiger partial charge in [-0.3, -0.25) is 14.4 Å². The summed E-state index contributed by atoms with van der Waals surface area (Å²) in [5.74, 6) is -0.893. The third-order valence-corrected chi connectivity index (χ3v) is 10.7. The van der Waals surface area contributed by atoms with Crippen molar-refractivity contribution < 1.29 is 28.6 Å². The van der Waals surface area contributed by atoms with Crippen molar-refractivity contribution in [2.24, 2.45) is 0 Å². The molecule has 6 nitrogen and oxygen atoms in total. The number of unbranched alkanes of at least 4 members (excludes halogenated alkanes) is 29. The molecule has 0 bridgehead atoms. The molecule has 0 aromatic heterocycles. The predicted octanol–water partition coefficient (Wildman–Crippen LogP) is 15.6. The van der Waals surface area contributed by atoms with E-state index in [1.165, 1.54) is 135 Å². The molecule has 0 spiro atoms. The second kappa shape index (κ2) is 45.6. The van der Waals surface area contributed by atoms with Crippen LogP contribution in [0.25, 0.3) is 0 Å². The summed E-state index contributed by atoms with van der Waals surface area (Å²) in [6.45, 7) is 6.58. The normalized spacial score (nSPS) is 12.1. The summed E-state index contributed by atoms with van der Waals surface area (Å²) in [4.78, 5) is 37.7. The topological polar surface area (TPSA) is 78.9 Å². The van der Waals surface area contributed by atoms with E-state index in [0.717, 1.165) is 83.5 Å². The monoisotopic (exact) mass is 789 g/mol. The molecule has 6 heteroatoms. The first-order valence-corrected chi connectivity index (χ1v) is 24.3. The maximum atomic E-state index is 12.7. The molecule has 0 saturated heterocycles. The molecule has 1 atom stereocenters. The molecule has 0 aliphatic heterocycles. The van der Waals surface area contributed by atoms with Gasteiger partial charge < -0.3 is 14.2 Å². The molecule has 56 heavy (non-hydrogen) atoms. The number of rotatable bonds is 44. The molecule has 0 radical (unpaired) electrons. The lowest BCUT2D eigenvalue weighted by molar-refractivity contribution is -0.167. The van der Waals surface area contributed by atoms with Crippen molar-refractivity contribution in [1.29, 1.82) is 0 Å². The molecule has 0 fully saturated rings. The SMILES string of the molecule is CCCC/C=C\CCCCCCC(=O)OC(COC(=O)CCCCCCC/C=C\CCCCCCCCCCC)COC(=O)CCCCCCCCCCCC. The van der Waals surface area contributed by atoms with Crippen LogP contribution in [0, 0.1) is 0 Å². The Labute approximate surface area is 347 Å². The van der Waals surface area contributed by atoms with E-state index in [0.29, 0.717) is 19.3 Å². The molecule has 0 aromatic carbocycles. The zero-order valence-electron chi connectivity index (χ0n) is 37.4. The van der Waals surface area contributed by atoms with Gasteiger partial charge in [0.15, 0.2) is 6.10 Å². The zero-order valence-corrected chi connectivity index (χ0v) is 37.4. The minimum absolute atomic E-state index is 0.0758. The Bertz CT molecular complexity index is 911. The molecule has 0 heterocycles. The first-order chi connectivity index (χ1) is 27.5. The summed E-state index contributed by atoms with van der Waals surface area (Å²) in [6.07, 6.45) is 50.2. The average molecular weight is 789 g/mol. The van der Waals surface area contributed by atoms with Crippen LogP contribution >= 0.6 is 0 Å². The van der Waals surface area contributed by atoms with Gasteiger partial charge in [0.25, 0.3) is 0 Å². The fraction of sp³-hybridized carbons (Fsp3) is 0.860. The van der Waals surface area contributed by atoms with Gasteiger partial charge in [0, 0.05) is 19.3 Å². The van der Waals surface area contributed by atoms with Crippen LogP contribution in [0.5, 0.6) is 0 Å². The van der Waals surface area contributed by atoms with Crippen molar-refractivity contribution in [3.63, 3.8) is 0 Å². The molecule has 0 aliphatic carbocycles. The first-order valence-electron chi connectivity index (χ1n) is 24.3. The van der Waals surface area contributed by atoms with Gasteiger partial charge in [-0.15, -0.1) is 0 Å². The molecule has 0 rings (SSSR count). The van der Waals surface area contributed by atoms with E-state index < -0.39 is 6.10 Å². The number of hydrogen-bond donors (Lipinski definition) is 0. The summed E-state index contributed by atoms with van der Waals surface area (Å²) in [5, 5.41) is 0. The largest absolute Gasteiger partial charge is 0.462 e. The fourth-order valence-corrected chi connectivity index (χ4v) is 6.95. The van der Waals surface area contributed by atoms with E-state index >= 15 is 0 Å². The quantitative estimate of drug-likeness (QED) is 0.0265. The van der Waals surface area contributed by atoms with Crippen LogP contribution in [0.4, 0.5) is 0 Å². The highest BCUT2D eigenvalue weighted by atomic mass is 16.6. The van der Waals surface area contributed by atoms with Gasteiger partial charge in [-0.05, 0) is 64.2 Å². The van der Waals surface area contributed by atoms with E-state index in [1.54, 1.807) is 0 Å². The average Bonchev–Trinajstić information content (AvgIpc) is 3.19.